The van der Waals surface area contributed by atoms with Crippen LogP contribution in [0.5, 0.6) is 0 Å². The van der Waals surface area contributed by atoms with Crippen molar-refractivity contribution in [2.45, 2.75) is 13.1 Å². The smallest absolute Gasteiger partial charge is 0.0220 e. The summed E-state index contributed by atoms with van der Waals surface area (Å²) < 4.78 is 0. The van der Waals surface area contributed by atoms with E-state index in [-0.39, 0.29) is 0 Å². The minimum atomic E-state index is 1.08. The van der Waals surface area contributed by atoms with Crippen molar-refractivity contribution in [3.63, 3.8) is 0 Å². The summed E-state index contributed by atoms with van der Waals surface area (Å²) in [5, 5.41) is 7.71. The van der Waals surface area contributed by atoms with E-state index in [4.69, 9.17) is 0 Å². The molecule has 0 aromatic carbocycles. The molecule has 1 aromatic heterocycles. The first-order chi connectivity index (χ1) is 3.97. The Kier molecular flexibility index (Phi) is 0.889. The monoisotopic (exact) mass is 125 g/mol. The third-order valence-electron chi connectivity index (χ3n) is 1.46. The largest absolute Gasteiger partial charge is 0.309 e. The zero-order valence-electron chi connectivity index (χ0n) is 4.48. The molecule has 0 aliphatic carbocycles. The van der Waals surface area contributed by atoms with Crippen molar-refractivity contribution >= 4 is 11.3 Å². The number of thiophene rings is 1. The van der Waals surface area contributed by atoms with Crippen molar-refractivity contribution in [1.82, 2.24) is 5.32 Å². The van der Waals surface area contributed by atoms with Crippen molar-refractivity contribution < 1.29 is 0 Å². The summed E-state index contributed by atoms with van der Waals surface area (Å²) >= 11 is 1.80. The summed E-state index contributed by atoms with van der Waals surface area (Å²) in [4.78, 5) is 0. The molecular weight excluding hydrogens is 118 g/mol. The number of nitrogens with one attached hydrogen (secondary N) is 1. The van der Waals surface area contributed by atoms with Crippen LogP contribution in [-0.2, 0) is 13.1 Å². The molecule has 1 N–H and O–H groups in total. The average Bonchev–Trinajstić information content (AvgIpc) is 2.15. The van der Waals surface area contributed by atoms with E-state index in [0.717, 1.165) is 13.1 Å². The summed E-state index contributed by atoms with van der Waals surface area (Å²) in [6.45, 7) is 2.16. The van der Waals surface area contributed by atoms with Crippen molar-refractivity contribution in [3.8, 4) is 0 Å². The highest BCUT2D eigenvalue weighted by atomic mass is 32.1. The Morgan fingerprint density at radius 3 is 2.50 bits per heavy atom. The van der Waals surface area contributed by atoms with Gasteiger partial charge in [-0.15, -0.1) is 0 Å². The minimum Gasteiger partial charge on any atom is -0.309 e. The fourth-order valence-electron chi connectivity index (χ4n) is 0.992. The van der Waals surface area contributed by atoms with Gasteiger partial charge in [0, 0.05) is 13.1 Å². The molecule has 0 saturated carbocycles. The molecule has 42 valence electrons. The Labute approximate surface area is 52.3 Å². The van der Waals surface area contributed by atoms with Crippen LogP contribution in [0, 0.1) is 0 Å². The molecule has 2 rings (SSSR count). The van der Waals surface area contributed by atoms with Gasteiger partial charge in [0.05, 0.1) is 0 Å². The van der Waals surface area contributed by atoms with E-state index >= 15 is 0 Å². The molecule has 0 radical (unpaired) electrons. The second-order valence-electron chi connectivity index (χ2n) is 2.03. The third-order valence-corrected chi connectivity index (χ3v) is 2.31. The average molecular weight is 125 g/mol. The lowest BCUT2D eigenvalue weighted by atomic mass is 10.2. The second-order valence-corrected chi connectivity index (χ2v) is 2.77. The van der Waals surface area contributed by atoms with E-state index in [2.05, 4.69) is 16.1 Å². The lowest BCUT2D eigenvalue weighted by molar-refractivity contribution is 0.764. The predicted molar refractivity (Wildman–Crippen MR) is 34.9 cm³/mol. The number of hydrogen-bond acceptors (Lipinski definition) is 2. The molecule has 1 aliphatic rings. The molecule has 0 spiro atoms. The molecule has 0 saturated heterocycles. The van der Waals surface area contributed by atoms with Crippen LogP contribution in [-0.4, -0.2) is 0 Å². The molecule has 0 amide bonds. The summed E-state index contributed by atoms with van der Waals surface area (Å²) in [6.07, 6.45) is 0. The summed E-state index contributed by atoms with van der Waals surface area (Å²) in [5.41, 5.74) is 2.99. The molecule has 0 bridgehead atoms. The quantitative estimate of drug-likeness (QED) is 0.552. The van der Waals surface area contributed by atoms with Crippen LogP contribution in [0.15, 0.2) is 10.8 Å². The Hall–Kier alpha value is -0.340. The number of fused-ring (bicyclic) bond motifs is 1. The standard InChI is InChI=1S/C6H7NS/c1-5-3-8-4-6(5)2-7-1/h3-4,7H,1-2H2. The predicted octanol–water partition coefficient (Wildman–Crippen LogP) is 1.35. The van der Waals surface area contributed by atoms with Crippen LogP contribution in [0.1, 0.15) is 11.1 Å². The molecule has 1 nitrogen and oxygen atoms in total. The van der Waals surface area contributed by atoms with E-state index in [1.165, 1.54) is 11.1 Å². The molecule has 1 aliphatic heterocycles. The van der Waals surface area contributed by atoms with Gasteiger partial charge < -0.3 is 5.32 Å². The lowest BCUT2D eigenvalue weighted by Gasteiger charge is -1.82. The first-order valence-electron chi connectivity index (χ1n) is 2.71. The van der Waals surface area contributed by atoms with Gasteiger partial charge in [-0.25, -0.2) is 0 Å². The van der Waals surface area contributed by atoms with Crippen molar-refractivity contribution in [2.24, 2.45) is 0 Å². The molecule has 2 heteroatoms. The van der Waals surface area contributed by atoms with Crippen molar-refractivity contribution in [3.05, 3.63) is 21.9 Å². The number of rotatable bonds is 0. The maximum absolute atomic E-state index is 3.27. The highest BCUT2D eigenvalue weighted by Crippen LogP contribution is 2.18. The number of hydrogen-bond donors (Lipinski definition) is 1. The van der Waals surface area contributed by atoms with Gasteiger partial charge >= 0.3 is 0 Å². The maximum Gasteiger partial charge on any atom is 0.0220 e. The summed E-state index contributed by atoms with van der Waals surface area (Å²) in [5.74, 6) is 0. The zero-order chi connectivity index (χ0) is 5.40. The highest BCUT2D eigenvalue weighted by Gasteiger charge is 2.08. The Bertz CT molecular complexity index is 174. The summed E-state index contributed by atoms with van der Waals surface area (Å²) in [6, 6.07) is 0. The lowest BCUT2D eigenvalue weighted by Crippen LogP contribution is -2.00. The Morgan fingerprint density at radius 1 is 1.25 bits per heavy atom. The zero-order valence-corrected chi connectivity index (χ0v) is 5.29. The van der Waals surface area contributed by atoms with Crippen LogP contribution >= 0.6 is 11.3 Å². The van der Waals surface area contributed by atoms with Crippen LogP contribution in [0.4, 0.5) is 0 Å². The SMILES string of the molecule is c1scc2c1CNC2. The van der Waals surface area contributed by atoms with Crippen LogP contribution < -0.4 is 5.32 Å². The fraction of sp³-hybridized carbons (Fsp3) is 0.333. The van der Waals surface area contributed by atoms with Gasteiger partial charge in [0.15, 0.2) is 0 Å². The minimum absolute atomic E-state index is 1.08. The van der Waals surface area contributed by atoms with Crippen LogP contribution in [0.25, 0.3) is 0 Å². The van der Waals surface area contributed by atoms with E-state index in [0.29, 0.717) is 0 Å². The van der Waals surface area contributed by atoms with Crippen molar-refractivity contribution in [1.29, 1.82) is 0 Å². The second kappa shape index (κ2) is 1.57. The van der Waals surface area contributed by atoms with Gasteiger partial charge in [0.25, 0.3) is 0 Å². The molecule has 8 heavy (non-hydrogen) atoms. The van der Waals surface area contributed by atoms with Crippen LogP contribution in [0.2, 0.25) is 0 Å². The molecule has 2 heterocycles. The van der Waals surface area contributed by atoms with Crippen molar-refractivity contribution in [2.75, 3.05) is 0 Å². The van der Waals surface area contributed by atoms with Gasteiger partial charge in [-0.05, 0) is 21.9 Å². The van der Waals surface area contributed by atoms with E-state index in [9.17, 15) is 0 Å². The maximum atomic E-state index is 3.27. The molecule has 0 atom stereocenters. The van der Waals surface area contributed by atoms with Gasteiger partial charge in [-0.2, -0.15) is 11.3 Å². The fourth-order valence-corrected chi connectivity index (χ4v) is 1.86. The molecule has 1 aromatic rings. The van der Waals surface area contributed by atoms with Gasteiger partial charge in [-0.3, -0.25) is 0 Å². The molecular formula is C6H7NS. The normalized spacial score (nSPS) is 16.5. The molecule has 0 unspecified atom stereocenters. The van der Waals surface area contributed by atoms with E-state index < -0.39 is 0 Å². The van der Waals surface area contributed by atoms with Gasteiger partial charge in [0.2, 0.25) is 0 Å². The Balaban J connectivity index is 2.54. The third kappa shape index (κ3) is 0.501. The van der Waals surface area contributed by atoms with E-state index in [1.54, 1.807) is 11.3 Å². The topological polar surface area (TPSA) is 12.0 Å². The first-order valence-corrected chi connectivity index (χ1v) is 3.66. The highest BCUT2D eigenvalue weighted by molar-refractivity contribution is 7.08. The van der Waals surface area contributed by atoms with E-state index in [1.807, 2.05) is 0 Å². The van der Waals surface area contributed by atoms with Crippen LogP contribution in [0.3, 0.4) is 0 Å². The Morgan fingerprint density at radius 2 is 1.88 bits per heavy atom. The summed E-state index contributed by atoms with van der Waals surface area (Å²) in [7, 11) is 0. The first kappa shape index (κ1) is 4.53. The molecule has 0 fully saturated rings. The van der Waals surface area contributed by atoms with Gasteiger partial charge in [-0.1, -0.05) is 0 Å². The van der Waals surface area contributed by atoms with Gasteiger partial charge in [0.1, 0.15) is 0 Å².